The normalized spacial score (nSPS) is 12.0. The fourth-order valence-electron chi connectivity index (χ4n) is 2.77. The van der Waals surface area contributed by atoms with Gasteiger partial charge in [-0.2, -0.15) is 28.5 Å². The van der Waals surface area contributed by atoms with Gasteiger partial charge in [0.2, 0.25) is 0 Å². The van der Waals surface area contributed by atoms with Gasteiger partial charge in [-0.1, -0.05) is 30.3 Å². The first kappa shape index (κ1) is 19.3. The van der Waals surface area contributed by atoms with Crippen LogP contribution in [0.1, 0.15) is 21.9 Å². The minimum absolute atomic E-state index is 0.107. The van der Waals surface area contributed by atoms with Crippen molar-refractivity contribution in [2.45, 2.75) is 6.18 Å². The molecule has 3 aromatic heterocycles. The second kappa shape index (κ2) is 7.43. The molecule has 4 rings (SSSR count). The lowest BCUT2D eigenvalue weighted by Gasteiger charge is -2.10. The predicted octanol–water partition coefficient (Wildman–Crippen LogP) is 2.91. The number of nitrogens with zero attached hydrogens (tertiary/aromatic N) is 6. The average Bonchev–Trinajstić information content (AvgIpc) is 3.33. The largest absolute Gasteiger partial charge is 0.433 e. The number of hydrogen-bond donors (Lipinski definition) is 1. The van der Waals surface area contributed by atoms with E-state index in [1.807, 2.05) is 0 Å². The van der Waals surface area contributed by atoms with E-state index in [4.69, 9.17) is 0 Å². The molecule has 0 atom stereocenters. The Labute approximate surface area is 167 Å². The number of hydrazone groups is 1. The lowest BCUT2D eigenvalue weighted by Crippen LogP contribution is -2.19. The lowest BCUT2D eigenvalue weighted by atomic mass is 10.1. The first-order chi connectivity index (χ1) is 14.3. The van der Waals surface area contributed by atoms with Gasteiger partial charge in [0.25, 0.3) is 5.91 Å². The van der Waals surface area contributed by atoms with Gasteiger partial charge in [0.1, 0.15) is 0 Å². The number of hydrogen-bond acceptors (Lipinski definition) is 5. The number of carbonyl (C=O) groups excluding carboxylic acids is 1. The quantitative estimate of drug-likeness (QED) is 0.412. The van der Waals surface area contributed by atoms with Crippen LogP contribution in [0.2, 0.25) is 0 Å². The third-order valence-electron chi connectivity index (χ3n) is 4.24. The Morgan fingerprint density at radius 2 is 1.93 bits per heavy atom. The van der Waals surface area contributed by atoms with Crippen molar-refractivity contribution in [1.82, 2.24) is 29.8 Å². The Bertz CT molecular complexity index is 1240. The van der Waals surface area contributed by atoms with Crippen LogP contribution in [0.25, 0.3) is 16.9 Å². The zero-order valence-corrected chi connectivity index (χ0v) is 15.5. The Hall–Kier alpha value is -4.02. The summed E-state index contributed by atoms with van der Waals surface area (Å²) in [6, 6.07) is 12.2. The van der Waals surface area contributed by atoms with Crippen LogP contribution in [-0.4, -0.2) is 36.5 Å². The van der Waals surface area contributed by atoms with Crippen LogP contribution in [0.4, 0.5) is 13.2 Å². The number of nitrogens with one attached hydrogen (secondary N) is 1. The lowest BCUT2D eigenvalue weighted by molar-refractivity contribution is -0.142. The highest BCUT2D eigenvalue weighted by molar-refractivity contribution is 5.94. The molecule has 1 aromatic carbocycles. The number of alkyl halides is 3. The molecular weight excluding hydrogens is 399 g/mol. The molecule has 0 fully saturated rings. The molecule has 4 aromatic rings. The van der Waals surface area contributed by atoms with Gasteiger partial charge >= 0.3 is 6.18 Å². The Kier molecular flexibility index (Phi) is 4.78. The number of amides is 1. The Balaban J connectivity index is 1.69. The topological polar surface area (TPSA) is 89.5 Å². The maximum atomic E-state index is 13.6. The minimum atomic E-state index is -4.69. The molecule has 0 saturated carbocycles. The van der Waals surface area contributed by atoms with E-state index in [0.717, 1.165) is 6.07 Å². The number of benzene rings is 1. The van der Waals surface area contributed by atoms with Crippen molar-refractivity contribution >= 4 is 17.8 Å². The first-order valence-electron chi connectivity index (χ1n) is 8.68. The van der Waals surface area contributed by atoms with Crippen LogP contribution in [0.5, 0.6) is 0 Å². The van der Waals surface area contributed by atoms with E-state index in [1.54, 1.807) is 49.6 Å². The average molecular weight is 413 g/mol. The van der Waals surface area contributed by atoms with Gasteiger partial charge in [-0.05, 0) is 12.1 Å². The minimum Gasteiger partial charge on any atom is -0.267 e. The van der Waals surface area contributed by atoms with Gasteiger partial charge < -0.3 is 0 Å². The van der Waals surface area contributed by atoms with Crippen LogP contribution in [0.3, 0.4) is 0 Å². The molecule has 0 radical (unpaired) electrons. The zero-order valence-electron chi connectivity index (χ0n) is 15.5. The summed E-state index contributed by atoms with van der Waals surface area (Å²) in [7, 11) is 1.69. The third-order valence-corrected chi connectivity index (χ3v) is 4.24. The van der Waals surface area contributed by atoms with E-state index in [-0.39, 0.29) is 17.0 Å². The van der Waals surface area contributed by atoms with E-state index < -0.39 is 17.8 Å². The van der Waals surface area contributed by atoms with Gasteiger partial charge in [-0.15, -0.1) is 0 Å². The second-order valence-corrected chi connectivity index (χ2v) is 6.27. The van der Waals surface area contributed by atoms with E-state index in [0.29, 0.717) is 15.8 Å². The van der Waals surface area contributed by atoms with Gasteiger partial charge in [-0.3, -0.25) is 9.48 Å². The van der Waals surface area contributed by atoms with Gasteiger partial charge in [0.15, 0.2) is 17.0 Å². The molecule has 152 valence electrons. The fraction of sp³-hybridized carbons (Fsp3) is 0.105. The van der Waals surface area contributed by atoms with Crippen molar-refractivity contribution in [3.05, 3.63) is 71.8 Å². The molecule has 0 unspecified atom stereocenters. The molecule has 0 aliphatic carbocycles. The maximum Gasteiger partial charge on any atom is 0.433 e. The molecule has 8 nitrogen and oxygen atoms in total. The molecule has 1 amide bonds. The summed E-state index contributed by atoms with van der Waals surface area (Å²) < 4.78 is 42.9. The first-order valence-corrected chi connectivity index (χ1v) is 8.68. The van der Waals surface area contributed by atoms with E-state index >= 15 is 0 Å². The van der Waals surface area contributed by atoms with Gasteiger partial charge in [-0.25, -0.2) is 14.9 Å². The van der Waals surface area contributed by atoms with Crippen LogP contribution in [0, 0.1) is 0 Å². The van der Waals surface area contributed by atoms with Crippen LogP contribution < -0.4 is 5.43 Å². The summed E-state index contributed by atoms with van der Waals surface area (Å²) in [5.41, 5.74) is 2.10. The van der Waals surface area contributed by atoms with Crippen molar-refractivity contribution in [2.24, 2.45) is 12.1 Å². The molecule has 1 N–H and O–H groups in total. The summed E-state index contributed by atoms with van der Waals surface area (Å²) in [5.74, 6) is -0.770. The predicted molar refractivity (Wildman–Crippen MR) is 102 cm³/mol. The molecule has 0 spiro atoms. The molecule has 30 heavy (non-hydrogen) atoms. The SMILES string of the molecule is Cn1nccc1/C=N/NC(=O)c1cc2nc(-c3ccccc3)cc(C(F)(F)F)n2n1. The number of aromatic nitrogens is 5. The monoisotopic (exact) mass is 413 g/mol. The smallest absolute Gasteiger partial charge is 0.267 e. The van der Waals surface area contributed by atoms with Crippen molar-refractivity contribution in [3.8, 4) is 11.3 Å². The standard InChI is InChI=1S/C19H14F3N7O/c1-28-13(7-8-24-28)11-23-26-18(30)15-10-17-25-14(12-5-3-2-4-6-12)9-16(19(20,21)22)29(17)27-15/h2-11H,1H3,(H,26,30)/b23-11+. The fourth-order valence-corrected chi connectivity index (χ4v) is 2.77. The van der Waals surface area contributed by atoms with Gasteiger partial charge in [0, 0.05) is 24.9 Å². The number of halogens is 3. The molecule has 0 bridgehead atoms. The van der Waals surface area contributed by atoms with Crippen LogP contribution in [-0.2, 0) is 13.2 Å². The highest BCUT2D eigenvalue weighted by atomic mass is 19.4. The summed E-state index contributed by atoms with van der Waals surface area (Å²) in [5, 5.41) is 11.5. The Morgan fingerprint density at radius 3 is 2.60 bits per heavy atom. The molecule has 0 aliphatic rings. The zero-order chi connectivity index (χ0) is 21.3. The van der Waals surface area contributed by atoms with Crippen molar-refractivity contribution < 1.29 is 18.0 Å². The summed E-state index contributed by atoms with van der Waals surface area (Å²) in [4.78, 5) is 16.5. The maximum absolute atomic E-state index is 13.6. The third kappa shape index (κ3) is 3.77. The van der Waals surface area contributed by atoms with E-state index in [2.05, 4.69) is 25.7 Å². The van der Waals surface area contributed by atoms with Gasteiger partial charge in [0.05, 0.1) is 17.6 Å². The van der Waals surface area contributed by atoms with Crippen molar-refractivity contribution in [1.29, 1.82) is 0 Å². The van der Waals surface area contributed by atoms with Crippen molar-refractivity contribution in [2.75, 3.05) is 0 Å². The van der Waals surface area contributed by atoms with Crippen molar-refractivity contribution in [3.63, 3.8) is 0 Å². The second-order valence-electron chi connectivity index (χ2n) is 6.27. The number of fused-ring (bicyclic) bond motifs is 1. The molecule has 0 saturated heterocycles. The van der Waals surface area contributed by atoms with Crippen LogP contribution >= 0.6 is 0 Å². The number of rotatable bonds is 4. The summed E-state index contributed by atoms with van der Waals surface area (Å²) >= 11 is 0. The number of carbonyl (C=O) groups is 1. The molecule has 11 heteroatoms. The van der Waals surface area contributed by atoms with Crippen LogP contribution in [0.15, 0.2) is 59.8 Å². The summed E-state index contributed by atoms with van der Waals surface area (Å²) in [6.45, 7) is 0. The highest BCUT2D eigenvalue weighted by Gasteiger charge is 2.35. The molecule has 3 heterocycles. The van der Waals surface area contributed by atoms with E-state index in [9.17, 15) is 18.0 Å². The molecule has 0 aliphatic heterocycles. The molecular formula is C19H14F3N7O. The Morgan fingerprint density at radius 1 is 1.17 bits per heavy atom. The summed E-state index contributed by atoms with van der Waals surface area (Å²) in [6.07, 6.45) is -1.78. The number of aryl methyl sites for hydroxylation is 1. The highest BCUT2D eigenvalue weighted by Crippen LogP contribution is 2.32. The van der Waals surface area contributed by atoms with E-state index in [1.165, 1.54) is 17.0 Å².